The third kappa shape index (κ3) is 2.27. The highest BCUT2D eigenvalue weighted by Crippen LogP contribution is 2.29. The lowest BCUT2D eigenvalue weighted by molar-refractivity contribution is 0.0674. The molecule has 1 amide bonds. The summed E-state index contributed by atoms with van der Waals surface area (Å²) >= 11 is 0. The van der Waals surface area contributed by atoms with Gasteiger partial charge in [0.2, 0.25) is 0 Å². The lowest BCUT2D eigenvalue weighted by Crippen LogP contribution is -2.48. The molecule has 2 unspecified atom stereocenters. The number of aryl methyl sites for hydroxylation is 1. The molecule has 5 nitrogen and oxygen atoms in total. The molecule has 1 aromatic heterocycles. The molecule has 2 fully saturated rings. The molecule has 0 spiro atoms. The first-order valence-electron chi connectivity index (χ1n) is 7.14. The van der Waals surface area contributed by atoms with E-state index < -0.39 is 0 Å². The van der Waals surface area contributed by atoms with Gasteiger partial charge in [-0.25, -0.2) is 4.98 Å². The van der Waals surface area contributed by atoms with E-state index in [0.717, 1.165) is 12.8 Å². The minimum atomic E-state index is -0.00287. The van der Waals surface area contributed by atoms with Gasteiger partial charge in [-0.1, -0.05) is 6.92 Å². The van der Waals surface area contributed by atoms with E-state index in [-0.39, 0.29) is 5.91 Å². The molecular formula is C14H21N3O2. The van der Waals surface area contributed by atoms with E-state index in [1.54, 1.807) is 0 Å². The Hall–Kier alpha value is -1.36. The fourth-order valence-corrected chi connectivity index (χ4v) is 3.37. The third-order valence-electron chi connectivity index (χ3n) is 4.48. The van der Waals surface area contributed by atoms with Crippen LogP contribution in [0.2, 0.25) is 0 Å². The Bertz CT molecular complexity index is 459. The van der Waals surface area contributed by atoms with Crippen LogP contribution >= 0.6 is 0 Å². The van der Waals surface area contributed by atoms with Gasteiger partial charge in [0.05, 0.1) is 0 Å². The number of nitrogens with zero attached hydrogens (tertiary/aromatic N) is 2. The second-order valence-corrected chi connectivity index (χ2v) is 5.66. The summed E-state index contributed by atoms with van der Waals surface area (Å²) in [5.74, 6) is 0.686. The van der Waals surface area contributed by atoms with Crippen LogP contribution < -0.4 is 5.32 Å². The highest BCUT2D eigenvalue weighted by Gasteiger charge is 2.37. The summed E-state index contributed by atoms with van der Waals surface area (Å²) in [4.78, 5) is 18.4. The molecule has 0 aromatic carbocycles. The van der Waals surface area contributed by atoms with E-state index in [0.29, 0.717) is 36.0 Å². The van der Waals surface area contributed by atoms with Crippen molar-refractivity contribution >= 4 is 5.91 Å². The van der Waals surface area contributed by atoms with Gasteiger partial charge in [-0.2, -0.15) is 0 Å². The summed E-state index contributed by atoms with van der Waals surface area (Å²) in [6.45, 7) is 1.97. The maximum absolute atomic E-state index is 12.5. The Morgan fingerprint density at radius 1 is 1.47 bits per heavy atom. The van der Waals surface area contributed by atoms with Crippen LogP contribution in [0.4, 0.5) is 0 Å². The Morgan fingerprint density at radius 3 is 2.79 bits per heavy atom. The van der Waals surface area contributed by atoms with Crippen molar-refractivity contribution in [2.75, 3.05) is 7.05 Å². The summed E-state index contributed by atoms with van der Waals surface area (Å²) in [5, 5.41) is 3.60. The number of carbonyl (C=O) groups is 1. The molecule has 3 rings (SSSR count). The maximum Gasteiger partial charge on any atom is 0.276 e. The molecule has 1 N–H and O–H groups in total. The standard InChI is InChI=1S/C14H21N3O2/c1-3-12-13(15-8-19-12)14(18)17(2)11-6-9-4-5-10(7-11)16-9/h8-11,16H,3-7H2,1-2H3. The van der Waals surface area contributed by atoms with Crippen molar-refractivity contribution in [2.45, 2.75) is 57.2 Å². The van der Waals surface area contributed by atoms with Gasteiger partial charge >= 0.3 is 0 Å². The summed E-state index contributed by atoms with van der Waals surface area (Å²) in [5.41, 5.74) is 0.482. The number of fused-ring (bicyclic) bond motifs is 2. The maximum atomic E-state index is 12.5. The zero-order valence-corrected chi connectivity index (χ0v) is 11.6. The summed E-state index contributed by atoms with van der Waals surface area (Å²) in [6.07, 6.45) is 6.66. The number of nitrogens with one attached hydrogen (secondary N) is 1. The minimum absolute atomic E-state index is 0.00287. The Morgan fingerprint density at radius 2 is 2.16 bits per heavy atom. The molecule has 1 aromatic rings. The minimum Gasteiger partial charge on any atom is -0.448 e. The SMILES string of the molecule is CCc1ocnc1C(=O)N(C)C1CC2CCC(C1)N2. The van der Waals surface area contributed by atoms with Crippen LogP contribution in [-0.2, 0) is 6.42 Å². The zero-order chi connectivity index (χ0) is 13.4. The highest BCUT2D eigenvalue weighted by molar-refractivity contribution is 5.93. The second-order valence-electron chi connectivity index (χ2n) is 5.66. The Balaban J connectivity index is 1.73. The van der Waals surface area contributed by atoms with Gasteiger partial charge in [0.25, 0.3) is 5.91 Å². The molecule has 2 aliphatic rings. The number of oxazole rings is 1. The normalized spacial score (nSPS) is 29.5. The molecule has 2 atom stereocenters. The van der Waals surface area contributed by atoms with Gasteiger partial charge in [0.1, 0.15) is 5.76 Å². The predicted molar refractivity (Wildman–Crippen MR) is 70.9 cm³/mol. The van der Waals surface area contributed by atoms with Crippen LogP contribution in [-0.4, -0.2) is 41.0 Å². The van der Waals surface area contributed by atoms with Crippen molar-refractivity contribution in [3.63, 3.8) is 0 Å². The molecular weight excluding hydrogens is 242 g/mol. The Labute approximate surface area is 113 Å². The average molecular weight is 263 g/mol. The molecule has 2 bridgehead atoms. The van der Waals surface area contributed by atoms with Crippen LogP contribution in [0.1, 0.15) is 48.9 Å². The third-order valence-corrected chi connectivity index (χ3v) is 4.48. The molecule has 5 heteroatoms. The fourth-order valence-electron chi connectivity index (χ4n) is 3.37. The van der Waals surface area contributed by atoms with Crippen molar-refractivity contribution in [1.29, 1.82) is 0 Å². The number of aromatic nitrogens is 1. The summed E-state index contributed by atoms with van der Waals surface area (Å²) in [6, 6.07) is 1.50. The van der Waals surface area contributed by atoms with Crippen molar-refractivity contribution in [1.82, 2.24) is 15.2 Å². The average Bonchev–Trinajstić information content (AvgIpc) is 3.03. The van der Waals surface area contributed by atoms with Crippen LogP contribution in [0, 0.1) is 0 Å². The summed E-state index contributed by atoms with van der Waals surface area (Å²) < 4.78 is 5.26. The molecule has 2 aliphatic heterocycles. The predicted octanol–water partition coefficient (Wildman–Crippen LogP) is 1.59. The van der Waals surface area contributed by atoms with Crippen LogP contribution in [0.3, 0.4) is 0 Å². The summed E-state index contributed by atoms with van der Waals surface area (Å²) in [7, 11) is 1.89. The van der Waals surface area contributed by atoms with E-state index in [2.05, 4.69) is 10.3 Å². The van der Waals surface area contributed by atoms with Crippen LogP contribution in [0.25, 0.3) is 0 Å². The monoisotopic (exact) mass is 263 g/mol. The van der Waals surface area contributed by atoms with Crippen molar-refractivity contribution in [3.05, 3.63) is 17.8 Å². The largest absolute Gasteiger partial charge is 0.448 e. The molecule has 2 saturated heterocycles. The van der Waals surface area contributed by atoms with Gasteiger partial charge in [0.15, 0.2) is 12.1 Å². The van der Waals surface area contributed by atoms with E-state index >= 15 is 0 Å². The number of piperidine rings is 1. The van der Waals surface area contributed by atoms with E-state index in [1.807, 2.05) is 18.9 Å². The van der Waals surface area contributed by atoms with Gasteiger partial charge in [-0.05, 0) is 25.7 Å². The topological polar surface area (TPSA) is 58.4 Å². The van der Waals surface area contributed by atoms with E-state index in [1.165, 1.54) is 19.2 Å². The number of rotatable bonds is 3. The van der Waals surface area contributed by atoms with Gasteiger partial charge in [-0.15, -0.1) is 0 Å². The van der Waals surface area contributed by atoms with Gasteiger partial charge in [0, 0.05) is 31.6 Å². The van der Waals surface area contributed by atoms with Crippen molar-refractivity contribution in [3.8, 4) is 0 Å². The lowest BCUT2D eigenvalue weighted by Gasteiger charge is -2.35. The van der Waals surface area contributed by atoms with E-state index in [4.69, 9.17) is 4.42 Å². The quantitative estimate of drug-likeness (QED) is 0.899. The smallest absolute Gasteiger partial charge is 0.276 e. The van der Waals surface area contributed by atoms with Gasteiger partial charge < -0.3 is 14.6 Å². The molecule has 0 aliphatic carbocycles. The number of hydrogen-bond donors (Lipinski definition) is 1. The van der Waals surface area contributed by atoms with Crippen LogP contribution in [0.5, 0.6) is 0 Å². The lowest BCUT2D eigenvalue weighted by atomic mass is 9.98. The first-order valence-corrected chi connectivity index (χ1v) is 7.14. The molecule has 3 heterocycles. The molecule has 0 saturated carbocycles. The van der Waals surface area contributed by atoms with Crippen molar-refractivity contribution < 1.29 is 9.21 Å². The van der Waals surface area contributed by atoms with E-state index in [9.17, 15) is 4.79 Å². The number of amides is 1. The first kappa shape index (κ1) is 12.7. The number of hydrogen-bond acceptors (Lipinski definition) is 4. The highest BCUT2D eigenvalue weighted by atomic mass is 16.3. The fraction of sp³-hybridized carbons (Fsp3) is 0.714. The first-order chi connectivity index (χ1) is 9.19. The number of carbonyl (C=O) groups excluding carboxylic acids is 1. The molecule has 0 radical (unpaired) electrons. The van der Waals surface area contributed by atoms with Crippen LogP contribution in [0.15, 0.2) is 10.8 Å². The second kappa shape index (κ2) is 4.96. The Kier molecular flexibility index (Phi) is 3.31. The zero-order valence-electron chi connectivity index (χ0n) is 11.6. The molecule has 19 heavy (non-hydrogen) atoms. The van der Waals surface area contributed by atoms with Gasteiger partial charge in [-0.3, -0.25) is 4.79 Å². The van der Waals surface area contributed by atoms with Crippen molar-refractivity contribution in [2.24, 2.45) is 0 Å². The molecule has 104 valence electrons.